The molecule has 132 valence electrons. The fourth-order valence-corrected chi connectivity index (χ4v) is 3.17. The predicted molar refractivity (Wildman–Crippen MR) is 91.8 cm³/mol. The molecule has 1 saturated carbocycles. The Morgan fingerprint density at radius 3 is 2.62 bits per heavy atom. The molecule has 0 radical (unpaired) electrons. The van der Waals surface area contributed by atoms with Gasteiger partial charge in [-0.15, -0.1) is 10.2 Å². The van der Waals surface area contributed by atoms with E-state index in [1.54, 1.807) is 18.2 Å². The number of benzene rings is 1. The van der Waals surface area contributed by atoms with Crippen molar-refractivity contribution in [2.45, 2.75) is 18.3 Å². The van der Waals surface area contributed by atoms with E-state index in [0.717, 1.165) is 17.5 Å². The maximum absolute atomic E-state index is 13.1. The molecule has 0 amide bonds. The van der Waals surface area contributed by atoms with Crippen molar-refractivity contribution in [3.8, 4) is 17.1 Å². The van der Waals surface area contributed by atoms with Crippen molar-refractivity contribution in [3.63, 3.8) is 0 Å². The summed E-state index contributed by atoms with van der Waals surface area (Å²) >= 11 is 0. The summed E-state index contributed by atoms with van der Waals surface area (Å²) in [5.74, 6) is 0.500. The molecule has 2 N–H and O–H groups in total. The fourth-order valence-electron chi connectivity index (χ4n) is 3.17. The van der Waals surface area contributed by atoms with Crippen molar-refractivity contribution in [1.82, 2.24) is 20.2 Å². The molecule has 0 saturated heterocycles. The second-order valence-electron chi connectivity index (χ2n) is 6.18. The first-order valence-electron chi connectivity index (χ1n) is 8.06. The van der Waals surface area contributed by atoms with Gasteiger partial charge in [-0.1, -0.05) is 12.1 Å². The molecule has 1 aliphatic carbocycles. The third-order valence-corrected chi connectivity index (χ3v) is 4.56. The van der Waals surface area contributed by atoms with E-state index < -0.39 is 11.2 Å². The first-order valence-corrected chi connectivity index (χ1v) is 8.06. The highest BCUT2D eigenvalue weighted by Gasteiger charge is 2.42. The topological polar surface area (TPSA) is 101 Å². The van der Waals surface area contributed by atoms with Crippen LogP contribution < -0.4 is 16.0 Å². The van der Waals surface area contributed by atoms with Crippen LogP contribution >= 0.6 is 0 Å². The van der Waals surface area contributed by atoms with E-state index in [1.165, 1.54) is 25.4 Å². The zero-order chi connectivity index (χ0) is 18.3. The Hall–Kier alpha value is -3.29. The minimum absolute atomic E-state index is 0.145. The lowest BCUT2D eigenvalue weighted by molar-refractivity contribution is 0.386. The van der Waals surface area contributed by atoms with E-state index >= 15 is 0 Å². The number of aromatic amines is 2. The van der Waals surface area contributed by atoms with Crippen LogP contribution in [-0.2, 0) is 0 Å². The van der Waals surface area contributed by atoms with Crippen molar-refractivity contribution >= 4 is 0 Å². The summed E-state index contributed by atoms with van der Waals surface area (Å²) in [7, 11) is 1.51. The lowest BCUT2D eigenvalue weighted by atomic mass is 10.0. The number of H-pyrrole nitrogens is 2. The molecular formula is C18H15FN4O3. The molecular weight excluding hydrogens is 339 g/mol. The van der Waals surface area contributed by atoms with E-state index in [2.05, 4.69) is 20.2 Å². The summed E-state index contributed by atoms with van der Waals surface area (Å²) in [5, 5.41) is 8.09. The van der Waals surface area contributed by atoms with Gasteiger partial charge < -0.3 is 9.72 Å². The Bertz CT molecular complexity index is 1070. The molecule has 1 aromatic carbocycles. The molecule has 4 rings (SSSR count). The van der Waals surface area contributed by atoms with Crippen LogP contribution in [0.3, 0.4) is 0 Å². The zero-order valence-electron chi connectivity index (χ0n) is 13.8. The van der Waals surface area contributed by atoms with Gasteiger partial charge in [0.2, 0.25) is 5.88 Å². The van der Waals surface area contributed by atoms with Crippen LogP contribution in [0.5, 0.6) is 5.88 Å². The van der Waals surface area contributed by atoms with Gasteiger partial charge in [0, 0.05) is 11.8 Å². The number of aromatic nitrogens is 4. The number of halogens is 1. The van der Waals surface area contributed by atoms with Gasteiger partial charge in [-0.2, -0.15) is 0 Å². The lowest BCUT2D eigenvalue weighted by Gasteiger charge is -2.08. The van der Waals surface area contributed by atoms with Crippen molar-refractivity contribution in [1.29, 1.82) is 0 Å². The molecule has 0 bridgehead atoms. The van der Waals surface area contributed by atoms with Gasteiger partial charge in [-0.25, -0.2) is 9.18 Å². The molecule has 0 spiro atoms. The first-order chi connectivity index (χ1) is 12.6. The fraction of sp³-hybridized carbons (Fsp3) is 0.222. The van der Waals surface area contributed by atoms with Crippen molar-refractivity contribution < 1.29 is 9.13 Å². The van der Waals surface area contributed by atoms with Gasteiger partial charge in [0.05, 0.1) is 12.7 Å². The minimum atomic E-state index is -0.584. The predicted octanol–water partition coefficient (Wildman–Crippen LogP) is 1.94. The van der Waals surface area contributed by atoms with Crippen molar-refractivity contribution in [3.05, 3.63) is 74.3 Å². The molecule has 26 heavy (non-hydrogen) atoms. The second kappa shape index (κ2) is 6.21. The number of hydrogen-bond donors (Lipinski definition) is 2. The van der Waals surface area contributed by atoms with Gasteiger partial charge in [-0.3, -0.25) is 9.78 Å². The van der Waals surface area contributed by atoms with Crippen LogP contribution in [0.1, 0.15) is 29.4 Å². The molecule has 8 heteroatoms. The van der Waals surface area contributed by atoms with Crippen LogP contribution in [0.2, 0.25) is 0 Å². The third kappa shape index (κ3) is 2.90. The smallest absolute Gasteiger partial charge is 0.325 e. The monoisotopic (exact) mass is 354 g/mol. The molecule has 2 aromatic heterocycles. The highest BCUT2D eigenvalue weighted by Crippen LogP contribution is 2.56. The molecule has 0 unspecified atom stereocenters. The molecule has 2 heterocycles. The quantitative estimate of drug-likeness (QED) is 0.746. The van der Waals surface area contributed by atoms with Gasteiger partial charge in [-0.05, 0) is 42.0 Å². The van der Waals surface area contributed by atoms with Crippen LogP contribution in [0.25, 0.3) is 11.3 Å². The molecule has 0 aliphatic heterocycles. The normalized spacial score (nSPS) is 18.5. The number of rotatable bonds is 4. The van der Waals surface area contributed by atoms with Crippen LogP contribution in [0.4, 0.5) is 4.39 Å². The standard InChI is InChI=1S/C18H15FN4O3/c1-26-17-13(12-6-11(12)9-2-4-10(19)5-3-9)7-15(22-23-17)14-8-20-18(25)21-16(14)24/h2-5,7-8,11-12H,6H2,1H3,(H2,20,21,24,25)/t11-,12+/m1/s1. The zero-order valence-corrected chi connectivity index (χ0v) is 13.8. The van der Waals surface area contributed by atoms with Gasteiger partial charge in [0.25, 0.3) is 5.56 Å². The van der Waals surface area contributed by atoms with E-state index in [1.807, 2.05) is 0 Å². The summed E-state index contributed by atoms with van der Waals surface area (Å²) in [6.45, 7) is 0. The average Bonchev–Trinajstić information content (AvgIpc) is 3.42. The summed E-state index contributed by atoms with van der Waals surface area (Å²) in [5.41, 5.74) is 1.32. The van der Waals surface area contributed by atoms with Gasteiger partial charge in [0.1, 0.15) is 11.5 Å². The van der Waals surface area contributed by atoms with Crippen molar-refractivity contribution in [2.24, 2.45) is 0 Å². The molecule has 2 atom stereocenters. The molecule has 1 fully saturated rings. The van der Waals surface area contributed by atoms with E-state index in [9.17, 15) is 14.0 Å². The van der Waals surface area contributed by atoms with E-state index in [4.69, 9.17) is 4.74 Å². The number of nitrogens with zero attached hydrogens (tertiary/aromatic N) is 2. The van der Waals surface area contributed by atoms with E-state index in [0.29, 0.717) is 11.6 Å². The lowest BCUT2D eigenvalue weighted by Crippen LogP contribution is -2.23. The van der Waals surface area contributed by atoms with Crippen LogP contribution in [0, 0.1) is 5.82 Å². The SMILES string of the molecule is COc1nnc(-c2c[nH]c(=O)[nH]c2=O)cc1[C@H]1C[C@@H]1c1ccc(F)cc1. The Balaban J connectivity index is 1.71. The number of nitrogens with one attached hydrogen (secondary N) is 2. The van der Waals surface area contributed by atoms with Gasteiger partial charge >= 0.3 is 5.69 Å². The summed E-state index contributed by atoms with van der Waals surface area (Å²) < 4.78 is 18.4. The number of hydrogen-bond acceptors (Lipinski definition) is 5. The average molecular weight is 354 g/mol. The van der Waals surface area contributed by atoms with Crippen LogP contribution in [0.15, 0.2) is 46.1 Å². The maximum Gasteiger partial charge on any atom is 0.325 e. The Labute approximate surface area is 146 Å². The first kappa shape index (κ1) is 16.2. The third-order valence-electron chi connectivity index (χ3n) is 4.56. The Morgan fingerprint density at radius 1 is 1.15 bits per heavy atom. The maximum atomic E-state index is 13.1. The van der Waals surface area contributed by atoms with Crippen LogP contribution in [-0.4, -0.2) is 27.3 Å². The van der Waals surface area contributed by atoms with Gasteiger partial charge in [0.15, 0.2) is 0 Å². The highest BCUT2D eigenvalue weighted by atomic mass is 19.1. The molecule has 1 aliphatic rings. The minimum Gasteiger partial charge on any atom is -0.480 e. The van der Waals surface area contributed by atoms with E-state index in [-0.39, 0.29) is 23.2 Å². The highest BCUT2D eigenvalue weighted by molar-refractivity contribution is 5.59. The van der Waals surface area contributed by atoms with Crippen molar-refractivity contribution in [2.75, 3.05) is 7.11 Å². The largest absolute Gasteiger partial charge is 0.480 e. The number of ether oxygens (including phenoxy) is 1. The number of methoxy groups -OCH3 is 1. The summed E-state index contributed by atoms with van der Waals surface area (Å²) in [4.78, 5) is 27.8. The molecule has 7 nitrogen and oxygen atoms in total. The summed E-state index contributed by atoms with van der Waals surface area (Å²) in [6, 6.07) is 8.18. The summed E-state index contributed by atoms with van der Waals surface area (Å²) in [6.07, 6.45) is 2.18. The Kier molecular flexibility index (Phi) is 3.87. The Morgan fingerprint density at radius 2 is 1.92 bits per heavy atom. The molecule has 3 aromatic rings. The second-order valence-corrected chi connectivity index (χ2v) is 6.18.